The van der Waals surface area contributed by atoms with Gasteiger partial charge in [0.2, 0.25) is 0 Å². The second-order valence-corrected chi connectivity index (χ2v) is 9.82. The summed E-state index contributed by atoms with van der Waals surface area (Å²) in [5.41, 5.74) is 3.24. The van der Waals surface area contributed by atoms with Crippen molar-refractivity contribution in [2.45, 2.75) is 24.8 Å². The van der Waals surface area contributed by atoms with Gasteiger partial charge in [-0.15, -0.1) is 11.3 Å². The number of aromatic nitrogens is 2. The van der Waals surface area contributed by atoms with Gasteiger partial charge in [-0.2, -0.15) is 5.10 Å². The molecule has 174 valence electrons. The molecule has 4 atom stereocenters. The van der Waals surface area contributed by atoms with E-state index in [1.807, 2.05) is 47.4 Å². The number of fused-ring (bicyclic) bond motifs is 3. The summed E-state index contributed by atoms with van der Waals surface area (Å²) in [6.45, 7) is 2.82. The molecule has 0 saturated carbocycles. The Morgan fingerprint density at radius 1 is 1.21 bits per heavy atom. The van der Waals surface area contributed by atoms with Crippen LogP contribution in [0.15, 0.2) is 41.8 Å². The van der Waals surface area contributed by atoms with Crippen LogP contribution in [-0.2, 0) is 7.05 Å². The van der Waals surface area contributed by atoms with E-state index in [2.05, 4.69) is 16.3 Å². The van der Waals surface area contributed by atoms with Crippen LogP contribution in [0, 0.1) is 5.92 Å². The number of thiophene rings is 1. The van der Waals surface area contributed by atoms with Gasteiger partial charge < -0.3 is 14.8 Å². The number of methoxy groups -OCH3 is 2. The van der Waals surface area contributed by atoms with Crippen molar-refractivity contribution in [2.75, 3.05) is 33.9 Å². The largest absolute Gasteiger partial charge is 0.493 e. The van der Waals surface area contributed by atoms with Crippen molar-refractivity contribution in [3.05, 3.63) is 52.3 Å². The van der Waals surface area contributed by atoms with E-state index >= 15 is 0 Å². The summed E-state index contributed by atoms with van der Waals surface area (Å²) >= 11 is 1.49. The van der Waals surface area contributed by atoms with Crippen molar-refractivity contribution in [1.82, 2.24) is 20.0 Å². The van der Waals surface area contributed by atoms with Crippen molar-refractivity contribution in [1.29, 1.82) is 0 Å². The van der Waals surface area contributed by atoms with Gasteiger partial charge in [0.05, 0.1) is 24.8 Å². The maximum Gasteiger partial charge on any atom is 0.261 e. The summed E-state index contributed by atoms with van der Waals surface area (Å²) in [7, 11) is 5.33. The zero-order valence-corrected chi connectivity index (χ0v) is 20.1. The Balaban J connectivity index is 1.29. The monoisotopic (exact) mass is 466 g/mol. The Morgan fingerprint density at radius 3 is 2.76 bits per heavy atom. The van der Waals surface area contributed by atoms with Crippen molar-refractivity contribution < 1.29 is 14.3 Å². The van der Waals surface area contributed by atoms with Crippen LogP contribution in [0.3, 0.4) is 0 Å². The minimum atomic E-state index is 0.0374. The average molecular weight is 467 g/mol. The normalized spacial score (nSPS) is 24.0. The molecule has 2 bridgehead atoms. The molecule has 2 aromatic heterocycles. The van der Waals surface area contributed by atoms with Gasteiger partial charge in [-0.1, -0.05) is 6.07 Å². The molecule has 7 nitrogen and oxygen atoms in total. The van der Waals surface area contributed by atoms with Crippen LogP contribution in [0.1, 0.15) is 34.1 Å². The quantitative estimate of drug-likeness (QED) is 0.574. The van der Waals surface area contributed by atoms with Crippen molar-refractivity contribution >= 4 is 17.2 Å². The topological polar surface area (TPSA) is 68.6 Å². The molecule has 1 aromatic carbocycles. The minimum Gasteiger partial charge on any atom is -0.493 e. The van der Waals surface area contributed by atoms with E-state index in [4.69, 9.17) is 14.6 Å². The highest BCUT2D eigenvalue weighted by Gasteiger charge is 2.41. The first-order valence-electron chi connectivity index (χ1n) is 11.4. The van der Waals surface area contributed by atoms with Gasteiger partial charge in [-0.05, 0) is 61.0 Å². The molecule has 0 radical (unpaired) electrons. The van der Waals surface area contributed by atoms with Gasteiger partial charge in [0.25, 0.3) is 5.91 Å². The predicted molar refractivity (Wildman–Crippen MR) is 129 cm³/mol. The molecule has 6 rings (SSSR count). The standard InChI is InChI=1S/C25H30N4O3S/c1-28-21(13-20(27-28)17-6-7-22(31-2)23(12-17)32-3)19-15-29-9-8-16(19)11-18(29)14-26-25(30)24-5-4-10-33-24/h4-7,10,12-13,16,18-19H,8-9,11,14-15H2,1-3H3,(H,26,30)/t16-,18+,19-/m0/s1. The second-order valence-electron chi connectivity index (χ2n) is 8.87. The number of benzene rings is 1. The first-order valence-corrected chi connectivity index (χ1v) is 12.3. The molecule has 0 spiro atoms. The van der Waals surface area contributed by atoms with Crippen LogP contribution in [-0.4, -0.2) is 60.5 Å². The van der Waals surface area contributed by atoms with E-state index < -0.39 is 0 Å². The number of aryl methyl sites for hydroxylation is 1. The highest BCUT2D eigenvalue weighted by Crippen LogP contribution is 2.42. The number of ether oxygens (including phenoxy) is 2. The summed E-state index contributed by atoms with van der Waals surface area (Å²) in [6.07, 6.45) is 2.29. The summed E-state index contributed by atoms with van der Waals surface area (Å²) in [5, 5.41) is 9.91. The fourth-order valence-corrected chi connectivity index (χ4v) is 6.00. The molecule has 5 heterocycles. The number of nitrogens with one attached hydrogen (secondary N) is 1. The lowest BCUT2D eigenvalue weighted by atomic mass is 9.74. The highest BCUT2D eigenvalue weighted by molar-refractivity contribution is 7.12. The molecule has 1 amide bonds. The van der Waals surface area contributed by atoms with E-state index in [1.165, 1.54) is 23.5 Å². The maximum absolute atomic E-state index is 12.4. The molecular weight excluding hydrogens is 436 g/mol. The Hall–Kier alpha value is -2.84. The van der Waals surface area contributed by atoms with Crippen LogP contribution < -0.4 is 14.8 Å². The number of hydrogen-bond donors (Lipinski definition) is 1. The first-order chi connectivity index (χ1) is 16.1. The number of hydrogen-bond acceptors (Lipinski definition) is 6. The zero-order chi connectivity index (χ0) is 22.9. The fraction of sp³-hybridized carbons (Fsp3) is 0.440. The number of amides is 1. The van der Waals surface area contributed by atoms with Gasteiger partial charge in [-0.25, -0.2) is 0 Å². The zero-order valence-electron chi connectivity index (χ0n) is 19.3. The van der Waals surface area contributed by atoms with Crippen LogP contribution in [0.2, 0.25) is 0 Å². The van der Waals surface area contributed by atoms with Crippen molar-refractivity contribution in [3.8, 4) is 22.8 Å². The molecule has 3 aliphatic rings. The number of carbonyl (C=O) groups excluding carboxylic acids is 1. The molecule has 33 heavy (non-hydrogen) atoms. The summed E-state index contributed by atoms with van der Waals surface area (Å²) in [4.78, 5) is 15.7. The van der Waals surface area contributed by atoms with Gasteiger partial charge >= 0.3 is 0 Å². The molecule has 8 heteroatoms. The van der Waals surface area contributed by atoms with Crippen molar-refractivity contribution in [2.24, 2.45) is 13.0 Å². The third-order valence-electron chi connectivity index (χ3n) is 7.10. The lowest BCUT2D eigenvalue weighted by Crippen LogP contribution is -2.56. The number of carbonyl (C=O) groups is 1. The Labute approximate surface area is 198 Å². The molecule has 3 fully saturated rings. The van der Waals surface area contributed by atoms with E-state index in [0.717, 1.165) is 35.6 Å². The average Bonchev–Trinajstić information content (AvgIpc) is 3.52. The molecule has 3 aliphatic heterocycles. The molecule has 3 saturated heterocycles. The number of piperidine rings is 3. The van der Waals surface area contributed by atoms with E-state index in [1.54, 1.807) is 14.2 Å². The summed E-state index contributed by atoms with van der Waals surface area (Å²) in [6, 6.07) is 12.3. The SMILES string of the molecule is COc1ccc(-c2cc([C@H]3CN4CC[C@H]3C[C@@H]4CNC(=O)c3cccs3)n(C)n2)cc1OC. The predicted octanol–water partition coefficient (Wildman–Crippen LogP) is 3.77. The van der Waals surface area contributed by atoms with Crippen LogP contribution >= 0.6 is 11.3 Å². The van der Waals surface area contributed by atoms with Gasteiger partial charge in [-0.3, -0.25) is 14.4 Å². The molecular formula is C25H30N4O3S. The minimum absolute atomic E-state index is 0.0374. The Bertz CT molecular complexity index is 1130. The third-order valence-corrected chi connectivity index (χ3v) is 7.97. The van der Waals surface area contributed by atoms with Crippen LogP contribution in [0.5, 0.6) is 11.5 Å². The Morgan fingerprint density at radius 2 is 2.06 bits per heavy atom. The Kier molecular flexibility index (Phi) is 6.12. The number of rotatable bonds is 7. The highest BCUT2D eigenvalue weighted by atomic mass is 32.1. The van der Waals surface area contributed by atoms with Gasteiger partial charge in [0.15, 0.2) is 11.5 Å². The van der Waals surface area contributed by atoms with E-state index in [9.17, 15) is 4.79 Å². The molecule has 1 unspecified atom stereocenters. The fourth-order valence-electron chi connectivity index (χ4n) is 5.36. The lowest BCUT2D eigenvalue weighted by Gasteiger charge is -2.49. The summed E-state index contributed by atoms with van der Waals surface area (Å²) in [5.74, 6) is 2.52. The molecule has 1 N–H and O–H groups in total. The van der Waals surface area contributed by atoms with Crippen molar-refractivity contribution in [3.63, 3.8) is 0 Å². The maximum atomic E-state index is 12.4. The van der Waals surface area contributed by atoms with Gasteiger partial charge in [0.1, 0.15) is 0 Å². The van der Waals surface area contributed by atoms with E-state index in [-0.39, 0.29) is 5.91 Å². The lowest BCUT2D eigenvalue weighted by molar-refractivity contribution is 0.0280. The summed E-state index contributed by atoms with van der Waals surface area (Å²) < 4.78 is 12.9. The third kappa shape index (κ3) is 4.25. The van der Waals surface area contributed by atoms with Crippen LogP contribution in [0.25, 0.3) is 11.3 Å². The van der Waals surface area contributed by atoms with Crippen LogP contribution in [0.4, 0.5) is 0 Å². The smallest absolute Gasteiger partial charge is 0.261 e. The van der Waals surface area contributed by atoms with Gasteiger partial charge in [0, 0.05) is 43.4 Å². The molecule has 3 aromatic rings. The van der Waals surface area contributed by atoms with E-state index in [0.29, 0.717) is 35.9 Å². The number of nitrogens with zero attached hydrogens (tertiary/aromatic N) is 3. The second kappa shape index (κ2) is 9.19. The first kappa shape index (κ1) is 22.0. The molecule has 0 aliphatic carbocycles.